The Morgan fingerprint density at radius 2 is 2.05 bits per heavy atom. The number of rotatable bonds is 3. The molecule has 4 heterocycles. The molecular formula is C15H19N3O3. The number of ether oxygens (including phenoxy) is 1. The minimum absolute atomic E-state index is 0.337. The molecule has 0 radical (unpaired) electrons. The van der Waals surface area contributed by atoms with Crippen molar-refractivity contribution in [3.05, 3.63) is 24.3 Å². The molecule has 6 nitrogen and oxygen atoms in total. The maximum absolute atomic E-state index is 5.78. The Balaban J connectivity index is 1.43. The standard InChI is InChI=1S/C15H19N3O3/c1-2-13(20-7-1)15-17-16-14(21-15)11-3-6-18(10-11)12-4-8-19-9-5-12/h1-2,7,11-12H,3-6,8-10H2. The summed E-state index contributed by atoms with van der Waals surface area (Å²) in [6.07, 6.45) is 4.96. The van der Waals surface area contributed by atoms with Gasteiger partial charge in [-0.2, -0.15) is 0 Å². The highest BCUT2D eigenvalue weighted by atomic mass is 16.5. The molecule has 112 valence electrons. The molecule has 2 aromatic rings. The summed E-state index contributed by atoms with van der Waals surface area (Å²) >= 11 is 0. The summed E-state index contributed by atoms with van der Waals surface area (Å²) in [7, 11) is 0. The molecule has 6 heteroatoms. The zero-order valence-corrected chi connectivity index (χ0v) is 11.9. The largest absolute Gasteiger partial charge is 0.459 e. The number of aromatic nitrogens is 2. The molecular weight excluding hydrogens is 270 g/mol. The molecule has 1 atom stereocenters. The van der Waals surface area contributed by atoms with Gasteiger partial charge in [0.15, 0.2) is 5.76 Å². The summed E-state index contributed by atoms with van der Waals surface area (Å²) in [6.45, 7) is 3.88. The summed E-state index contributed by atoms with van der Waals surface area (Å²) < 4.78 is 16.5. The quantitative estimate of drug-likeness (QED) is 0.864. The Labute approximate surface area is 123 Å². The Hall–Kier alpha value is -1.66. The predicted molar refractivity (Wildman–Crippen MR) is 74.8 cm³/mol. The fourth-order valence-electron chi connectivity index (χ4n) is 3.27. The molecule has 2 fully saturated rings. The topological polar surface area (TPSA) is 64.5 Å². The van der Waals surface area contributed by atoms with E-state index in [-0.39, 0.29) is 0 Å². The molecule has 21 heavy (non-hydrogen) atoms. The Bertz CT molecular complexity index is 575. The van der Waals surface area contributed by atoms with Gasteiger partial charge in [-0.15, -0.1) is 10.2 Å². The average Bonchev–Trinajstić information content (AvgIpc) is 3.27. The van der Waals surface area contributed by atoms with Crippen molar-refractivity contribution in [3.63, 3.8) is 0 Å². The van der Waals surface area contributed by atoms with Crippen LogP contribution in [0.25, 0.3) is 11.7 Å². The minimum Gasteiger partial charge on any atom is -0.459 e. The van der Waals surface area contributed by atoms with Gasteiger partial charge >= 0.3 is 0 Å². The van der Waals surface area contributed by atoms with Crippen LogP contribution >= 0.6 is 0 Å². The third-order valence-corrected chi connectivity index (χ3v) is 4.45. The monoisotopic (exact) mass is 289 g/mol. The smallest absolute Gasteiger partial charge is 0.283 e. The van der Waals surface area contributed by atoms with Crippen molar-refractivity contribution in [1.82, 2.24) is 15.1 Å². The van der Waals surface area contributed by atoms with Crippen LogP contribution in [0, 0.1) is 0 Å². The second kappa shape index (κ2) is 5.61. The van der Waals surface area contributed by atoms with Crippen LogP contribution < -0.4 is 0 Å². The maximum atomic E-state index is 5.78. The fraction of sp³-hybridized carbons (Fsp3) is 0.600. The molecule has 0 spiro atoms. The normalized spacial score (nSPS) is 24.7. The van der Waals surface area contributed by atoms with Gasteiger partial charge in [0.2, 0.25) is 5.89 Å². The Morgan fingerprint density at radius 3 is 2.86 bits per heavy atom. The number of hydrogen-bond donors (Lipinski definition) is 0. The number of likely N-dealkylation sites (tertiary alicyclic amines) is 1. The molecule has 2 aromatic heterocycles. The first-order chi connectivity index (χ1) is 10.4. The lowest BCUT2D eigenvalue weighted by Gasteiger charge is -2.30. The van der Waals surface area contributed by atoms with Crippen molar-refractivity contribution in [2.75, 3.05) is 26.3 Å². The first kappa shape index (κ1) is 13.0. The van der Waals surface area contributed by atoms with E-state index in [1.54, 1.807) is 6.26 Å². The molecule has 2 aliphatic heterocycles. The van der Waals surface area contributed by atoms with Crippen LogP contribution in [0.15, 0.2) is 27.2 Å². The van der Waals surface area contributed by atoms with Crippen LogP contribution in [0.2, 0.25) is 0 Å². The fourth-order valence-corrected chi connectivity index (χ4v) is 3.27. The van der Waals surface area contributed by atoms with Gasteiger partial charge in [-0.25, -0.2) is 0 Å². The van der Waals surface area contributed by atoms with Gasteiger partial charge in [-0.05, 0) is 37.9 Å². The van der Waals surface area contributed by atoms with Crippen LogP contribution in [-0.2, 0) is 4.74 Å². The van der Waals surface area contributed by atoms with Crippen LogP contribution in [0.1, 0.15) is 31.1 Å². The number of hydrogen-bond acceptors (Lipinski definition) is 6. The van der Waals surface area contributed by atoms with Crippen molar-refractivity contribution in [2.24, 2.45) is 0 Å². The highest BCUT2D eigenvalue weighted by Crippen LogP contribution is 2.31. The summed E-state index contributed by atoms with van der Waals surface area (Å²) in [5, 5.41) is 8.30. The predicted octanol–water partition coefficient (Wildman–Crippen LogP) is 2.30. The molecule has 0 amide bonds. The molecule has 2 saturated heterocycles. The first-order valence-corrected chi connectivity index (χ1v) is 7.59. The molecule has 0 N–H and O–H groups in total. The molecule has 1 unspecified atom stereocenters. The maximum Gasteiger partial charge on any atom is 0.283 e. The van der Waals surface area contributed by atoms with Crippen LogP contribution in [0.4, 0.5) is 0 Å². The molecule has 2 aliphatic rings. The van der Waals surface area contributed by atoms with Gasteiger partial charge in [0.25, 0.3) is 5.89 Å². The molecule has 4 rings (SSSR count). The molecule has 0 saturated carbocycles. The van der Waals surface area contributed by atoms with E-state index >= 15 is 0 Å². The van der Waals surface area contributed by atoms with Gasteiger partial charge in [-0.1, -0.05) is 0 Å². The van der Waals surface area contributed by atoms with E-state index in [0.717, 1.165) is 51.5 Å². The van der Waals surface area contributed by atoms with E-state index < -0.39 is 0 Å². The van der Waals surface area contributed by atoms with E-state index in [1.807, 2.05) is 12.1 Å². The molecule has 0 aromatic carbocycles. The zero-order chi connectivity index (χ0) is 14.1. The third kappa shape index (κ3) is 2.61. The van der Waals surface area contributed by atoms with Crippen molar-refractivity contribution < 1.29 is 13.6 Å². The van der Waals surface area contributed by atoms with Gasteiger partial charge in [0.1, 0.15) is 0 Å². The number of furan rings is 1. The van der Waals surface area contributed by atoms with Gasteiger partial charge in [0, 0.05) is 25.8 Å². The molecule has 0 bridgehead atoms. The van der Waals surface area contributed by atoms with E-state index in [4.69, 9.17) is 13.6 Å². The second-order valence-corrected chi connectivity index (χ2v) is 5.75. The van der Waals surface area contributed by atoms with Gasteiger partial charge < -0.3 is 13.6 Å². The van der Waals surface area contributed by atoms with Crippen LogP contribution in [-0.4, -0.2) is 47.4 Å². The minimum atomic E-state index is 0.337. The van der Waals surface area contributed by atoms with E-state index in [1.165, 1.54) is 0 Å². The van der Waals surface area contributed by atoms with Crippen LogP contribution in [0.3, 0.4) is 0 Å². The van der Waals surface area contributed by atoms with Crippen molar-refractivity contribution in [1.29, 1.82) is 0 Å². The first-order valence-electron chi connectivity index (χ1n) is 7.59. The molecule has 0 aliphatic carbocycles. The lowest BCUT2D eigenvalue weighted by atomic mass is 10.1. The highest BCUT2D eigenvalue weighted by Gasteiger charge is 2.33. The average molecular weight is 289 g/mol. The Kier molecular flexibility index (Phi) is 3.48. The lowest BCUT2D eigenvalue weighted by Crippen LogP contribution is -2.37. The SMILES string of the molecule is c1coc(-c2nnc(C3CCN(C4CCOCC4)C3)o2)c1. The van der Waals surface area contributed by atoms with E-state index in [9.17, 15) is 0 Å². The number of nitrogens with zero attached hydrogens (tertiary/aromatic N) is 3. The van der Waals surface area contributed by atoms with Crippen molar-refractivity contribution in [3.8, 4) is 11.7 Å². The zero-order valence-electron chi connectivity index (χ0n) is 11.9. The van der Waals surface area contributed by atoms with Gasteiger partial charge in [0.05, 0.1) is 12.2 Å². The van der Waals surface area contributed by atoms with E-state index in [0.29, 0.717) is 23.6 Å². The van der Waals surface area contributed by atoms with Crippen molar-refractivity contribution in [2.45, 2.75) is 31.2 Å². The van der Waals surface area contributed by atoms with Crippen molar-refractivity contribution >= 4 is 0 Å². The summed E-state index contributed by atoms with van der Waals surface area (Å²) in [4.78, 5) is 2.55. The van der Waals surface area contributed by atoms with E-state index in [2.05, 4.69) is 15.1 Å². The summed E-state index contributed by atoms with van der Waals surface area (Å²) in [6, 6.07) is 4.30. The lowest BCUT2D eigenvalue weighted by molar-refractivity contribution is 0.0417. The Morgan fingerprint density at radius 1 is 1.14 bits per heavy atom. The van der Waals surface area contributed by atoms with Gasteiger partial charge in [-0.3, -0.25) is 4.90 Å². The second-order valence-electron chi connectivity index (χ2n) is 5.75. The third-order valence-electron chi connectivity index (χ3n) is 4.45. The van der Waals surface area contributed by atoms with Crippen LogP contribution in [0.5, 0.6) is 0 Å². The highest BCUT2D eigenvalue weighted by molar-refractivity contribution is 5.42. The summed E-state index contributed by atoms with van der Waals surface area (Å²) in [5.74, 6) is 2.17. The summed E-state index contributed by atoms with van der Waals surface area (Å²) in [5.41, 5.74) is 0.